The molecule has 4 N–H and O–H groups in total. The summed E-state index contributed by atoms with van der Waals surface area (Å²) in [6.45, 7) is 0. The SMILES string of the molecule is O=C(NC=CCCc1ccccc1)C(Cc1ccc(C(F)(F)P(=O)(O)O)cc1)NS(=O)(=O)c1ccccc1. The molecule has 1 unspecified atom stereocenters. The third-order valence-corrected chi connectivity index (χ3v) is 8.04. The van der Waals surface area contributed by atoms with Crippen LogP contribution in [0.15, 0.2) is 102 Å². The molecular weight excluding hydrogens is 537 g/mol. The molecule has 8 nitrogen and oxygen atoms in total. The van der Waals surface area contributed by atoms with Gasteiger partial charge in [-0.15, -0.1) is 0 Å². The van der Waals surface area contributed by atoms with Crippen LogP contribution in [0.3, 0.4) is 0 Å². The van der Waals surface area contributed by atoms with Gasteiger partial charge in [-0.05, 0) is 48.7 Å². The van der Waals surface area contributed by atoms with Gasteiger partial charge in [0.05, 0.1) is 4.90 Å². The summed E-state index contributed by atoms with van der Waals surface area (Å²) in [5.74, 6) is -0.676. The number of allylic oxidation sites excluding steroid dienone is 1. The lowest BCUT2D eigenvalue weighted by molar-refractivity contribution is -0.121. The largest absolute Gasteiger partial charge is 0.399 e. The molecule has 0 spiro atoms. The molecule has 3 rings (SSSR count). The Bertz CT molecular complexity index is 1400. The smallest absolute Gasteiger partial charge is 0.332 e. The fourth-order valence-electron chi connectivity index (χ4n) is 3.51. The first kappa shape index (κ1) is 29.3. The Labute approximate surface area is 219 Å². The molecule has 12 heteroatoms. The molecule has 3 aromatic rings. The van der Waals surface area contributed by atoms with Crippen molar-refractivity contribution in [3.63, 3.8) is 0 Å². The Morgan fingerprint density at radius 1 is 0.921 bits per heavy atom. The fourth-order valence-corrected chi connectivity index (χ4v) is 5.21. The van der Waals surface area contributed by atoms with Gasteiger partial charge in [0.15, 0.2) is 0 Å². The second-order valence-electron chi connectivity index (χ2n) is 8.41. The molecule has 0 aliphatic rings. The van der Waals surface area contributed by atoms with Gasteiger partial charge in [-0.2, -0.15) is 13.5 Å². The van der Waals surface area contributed by atoms with Crippen molar-refractivity contribution >= 4 is 23.5 Å². The number of carbonyl (C=O) groups is 1. The van der Waals surface area contributed by atoms with Crippen molar-refractivity contribution in [1.29, 1.82) is 0 Å². The zero-order valence-corrected chi connectivity index (χ0v) is 21.8. The number of nitrogens with one attached hydrogen (secondary N) is 2. The van der Waals surface area contributed by atoms with Crippen LogP contribution in [0.1, 0.15) is 23.1 Å². The standard InChI is InChI=1S/C26H27F2N2O6PS/c27-26(28,37(32,33)34)22-16-14-21(15-17-22)19-24(30-38(35,36)23-12-5-2-6-13-23)25(31)29-18-8-7-11-20-9-3-1-4-10-20/h1-6,8-10,12-18,24,30H,7,11,19H2,(H,29,31)(H2,32,33,34). The van der Waals surface area contributed by atoms with Crippen LogP contribution >= 0.6 is 7.60 Å². The monoisotopic (exact) mass is 564 g/mol. The van der Waals surface area contributed by atoms with E-state index in [0.29, 0.717) is 12.0 Å². The van der Waals surface area contributed by atoms with E-state index >= 15 is 0 Å². The molecule has 0 aliphatic heterocycles. The summed E-state index contributed by atoms with van der Waals surface area (Å²) in [5, 5.41) is 2.55. The van der Waals surface area contributed by atoms with Gasteiger partial charge < -0.3 is 15.1 Å². The molecule has 3 aromatic carbocycles. The molecule has 202 valence electrons. The van der Waals surface area contributed by atoms with Crippen LogP contribution in [0.25, 0.3) is 0 Å². The van der Waals surface area contributed by atoms with Crippen LogP contribution in [-0.4, -0.2) is 30.2 Å². The molecule has 0 bridgehead atoms. The Kier molecular flexibility index (Phi) is 9.70. The third kappa shape index (κ3) is 7.89. The number of aryl methyl sites for hydroxylation is 1. The number of alkyl halides is 2. The van der Waals surface area contributed by atoms with Crippen LogP contribution in [0.5, 0.6) is 0 Å². The predicted octanol–water partition coefficient (Wildman–Crippen LogP) is 4.07. The molecule has 0 saturated carbocycles. The van der Waals surface area contributed by atoms with E-state index in [1.807, 2.05) is 30.3 Å². The van der Waals surface area contributed by atoms with E-state index in [2.05, 4.69) is 10.0 Å². The lowest BCUT2D eigenvalue weighted by Gasteiger charge is -2.20. The second-order valence-corrected chi connectivity index (χ2v) is 11.8. The van der Waals surface area contributed by atoms with E-state index < -0.39 is 40.8 Å². The zero-order valence-electron chi connectivity index (χ0n) is 20.1. The minimum absolute atomic E-state index is 0.0622. The van der Waals surface area contributed by atoms with Gasteiger partial charge in [0.1, 0.15) is 6.04 Å². The van der Waals surface area contributed by atoms with Gasteiger partial charge >= 0.3 is 13.3 Å². The van der Waals surface area contributed by atoms with Crippen molar-refractivity contribution in [2.45, 2.75) is 35.9 Å². The maximum atomic E-state index is 14.0. The molecule has 38 heavy (non-hydrogen) atoms. The zero-order chi connectivity index (χ0) is 27.8. The summed E-state index contributed by atoms with van der Waals surface area (Å²) in [6, 6.07) is 19.8. The first-order valence-corrected chi connectivity index (χ1v) is 14.6. The molecule has 0 heterocycles. The van der Waals surface area contributed by atoms with Gasteiger partial charge in [-0.3, -0.25) is 9.36 Å². The Morgan fingerprint density at radius 2 is 1.50 bits per heavy atom. The summed E-state index contributed by atoms with van der Waals surface area (Å²) in [6.07, 6.45) is 4.30. The number of hydrogen-bond acceptors (Lipinski definition) is 4. The first-order valence-electron chi connectivity index (χ1n) is 11.5. The normalized spacial score (nSPS) is 13.4. The average Bonchev–Trinajstić information content (AvgIpc) is 2.88. The van der Waals surface area contributed by atoms with Crippen molar-refractivity contribution in [1.82, 2.24) is 10.0 Å². The molecule has 0 aromatic heterocycles. The Morgan fingerprint density at radius 3 is 2.08 bits per heavy atom. The van der Waals surface area contributed by atoms with E-state index in [9.17, 15) is 26.6 Å². The quantitative estimate of drug-likeness (QED) is 0.245. The fraction of sp³-hybridized carbons (Fsp3) is 0.192. The molecular formula is C26H27F2N2O6PS. The summed E-state index contributed by atoms with van der Waals surface area (Å²) in [4.78, 5) is 30.7. The van der Waals surface area contributed by atoms with Crippen LogP contribution < -0.4 is 10.0 Å². The summed E-state index contributed by atoms with van der Waals surface area (Å²) in [7, 11) is -9.85. The average molecular weight is 565 g/mol. The van der Waals surface area contributed by atoms with E-state index in [1.165, 1.54) is 30.5 Å². The number of carbonyl (C=O) groups excluding carboxylic acids is 1. The number of hydrogen-bond donors (Lipinski definition) is 4. The van der Waals surface area contributed by atoms with Crippen LogP contribution in [0.2, 0.25) is 0 Å². The minimum Gasteiger partial charge on any atom is -0.332 e. The second kappa shape index (κ2) is 12.6. The van der Waals surface area contributed by atoms with Gasteiger partial charge in [0.25, 0.3) is 0 Å². The van der Waals surface area contributed by atoms with Crippen molar-refractivity contribution in [3.05, 3.63) is 114 Å². The van der Waals surface area contributed by atoms with Crippen LogP contribution in [0, 0.1) is 0 Å². The highest BCUT2D eigenvalue weighted by Gasteiger charge is 2.50. The predicted molar refractivity (Wildman–Crippen MR) is 139 cm³/mol. The van der Waals surface area contributed by atoms with Crippen molar-refractivity contribution < 1.29 is 36.3 Å². The maximum absolute atomic E-state index is 14.0. The molecule has 0 aliphatic carbocycles. The van der Waals surface area contributed by atoms with Gasteiger partial charge in [-0.1, -0.05) is 78.9 Å². The molecule has 0 fully saturated rings. The highest BCUT2D eigenvalue weighted by Crippen LogP contribution is 2.59. The third-order valence-electron chi connectivity index (χ3n) is 5.56. The van der Waals surface area contributed by atoms with E-state index in [4.69, 9.17) is 9.79 Å². The number of benzene rings is 3. The summed E-state index contributed by atoms with van der Waals surface area (Å²) in [5.41, 5.74) is -3.88. The van der Waals surface area contributed by atoms with E-state index in [0.717, 1.165) is 36.2 Å². The first-order chi connectivity index (χ1) is 17.9. The topological polar surface area (TPSA) is 133 Å². The van der Waals surface area contributed by atoms with Gasteiger partial charge in [0.2, 0.25) is 15.9 Å². The Balaban J connectivity index is 1.75. The highest BCUT2D eigenvalue weighted by molar-refractivity contribution is 7.89. The summed E-state index contributed by atoms with van der Waals surface area (Å²) < 4.78 is 67.2. The molecule has 0 radical (unpaired) electrons. The highest BCUT2D eigenvalue weighted by atomic mass is 32.2. The number of sulfonamides is 1. The Hall–Kier alpha value is -3.21. The van der Waals surface area contributed by atoms with Gasteiger partial charge in [-0.25, -0.2) is 8.42 Å². The summed E-state index contributed by atoms with van der Waals surface area (Å²) >= 11 is 0. The number of halogens is 2. The minimum atomic E-state index is -5.75. The lowest BCUT2D eigenvalue weighted by Crippen LogP contribution is -2.46. The van der Waals surface area contributed by atoms with Crippen LogP contribution in [-0.2, 0) is 37.9 Å². The van der Waals surface area contributed by atoms with Crippen molar-refractivity contribution in [3.8, 4) is 0 Å². The number of amides is 1. The number of rotatable bonds is 12. The van der Waals surface area contributed by atoms with E-state index in [-0.39, 0.29) is 11.3 Å². The maximum Gasteiger partial charge on any atom is 0.399 e. The van der Waals surface area contributed by atoms with E-state index in [1.54, 1.807) is 12.1 Å². The molecule has 1 amide bonds. The lowest BCUT2D eigenvalue weighted by atomic mass is 10.0. The molecule has 0 saturated heterocycles. The van der Waals surface area contributed by atoms with Gasteiger partial charge in [0, 0.05) is 5.56 Å². The van der Waals surface area contributed by atoms with Crippen molar-refractivity contribution in [2.75, 3.05) is 0 Å². The van der Waals surface area contributed by atoms with Crippen LogP contribution in [0.4, 0.5) is 8.78 Å². The van der Waals surface area contributed by atoms with Crippen molar-refractivity contribution in [2.24, 2.45) is 0 Å². The molecule has 1 atom stereocenters.